The number of nitrogens with one attached hydrogen (secondary N) is 2. The topological polar surface area (TPSA) is 76.2 Å². The van der Waals surface area contributed by atoms with Gasteiger partial charge in [0, 0.05) is 23.6 Å². The highest BCUT2D eigenvalue weighted by Gasteiger charge is 2.10. The predicted molar refractivity (Wildman–Crippen MR) is 79.7 cm³/mol. The number of aromatic amines is 1. The van der Waals surface area contributed by atoms with Crippen LogP contribution in [0.2, 0.25) is 0 Å². The molecular weight excluding hydrogens is 270 g/mol. The van der Waals surface area contributed by atoms with E-state index in [1.165, 1.54) is 0 Å². The van der Waals surface area contributed by atoms with E-state index in [1.807, 2.05) is 13.8 Å². The summed E-state index contributed by atoms with van der Waals surface area (Å²) in [5.74, 6) is 1.11. The highest BCUT2D eigenvalue weighted by atomic mass is 16.5. The Kier molecular flexibility index (Phi) is 4.81. The first-order chi connectivity index (χ1) is 10.1. The number of carbonyl (C=O) groups excluding carboxylic acids is 1. The number of rotatable bonds is 6. The van der Waals surface area contributed by atoms with Gasteiger partial charge < -0.3 is 14.8 Å². The van der Waals surface area contributed by atoms with Crippen molar-refractivity contribution < 1.29 is 14.3 Å². The molecule has 0 unspecified atom stereocenters. The zero-order chi connectivity index (χ0) is 15.2. The van der Waals surface area contributed by atoms with Crippen molar-refractivity contribution in [3.05, 3.63) is 36.2 Å². The number of methoxy groups -OCH3 is 1. The summed E-state index contributed by atoms with van der Waals surface area (Å²) in [6.45, 7) is 3.87. The molecule has 21 heavy (non-hydrogen) atoms. The van der Waals surface area contributed by atoms with E-state index in [-0.39, 0.29) is 18.4 Å². The summed E-state index contributed by atoms with van der Waals surface area (Å²) in [5.41, 5.74) is 1.43. The molecule has 0 saturated carbocycles. The summed E-state index contributed by atoms with van der Waals surface area (Å²) in [7, 11) is 1.58. The molecule has 1 heterocycles. The van der Waals surface area contributed by atoms with Crippen molar-refractivity contribution in [2.45, 2.75) is 26.4 Å². The molecule has 1 aromatic heterocycles. The lowest BCUT2D eigenvalue weighted by atomic mass is 10.2. The molecule has 1 amide bonds. The van der Waals surface area contributed by atoms with Crippen LogP contribution in [-0.4, -0.2) is 29.3 Å². The van der Waals surface area contributed by atoms with Gasteiger partial charge in [0.25, 0.3) is 0 Å². The number of nitrogens with zero attached hydrogens (tertiary/aromatic N) is 1. The summed E-state index contributed by atoms with van der Waals surface area (Å²) < 4.78 is 10.9. The Morgan fingerprint density at radius 3 is 2.76 bits per heavy atom. The Balaban J connectivity index is 2.07. The van der Waals surface area contributed by atoms with Crippen LogP contribution in [0.1, 0.15) is 19.5 Å². The first-order valence-electron chi connectivity index (χ1n) is 6.71. The second-order valence-electron chi connectivity index (χ2n) is 4.84. The smallest absolute Gasteiger partial charge is 0.230 e. The van der Waals surface area contributed by atoms with Crippen LogP contribution in [0.4, 0.5) is 5.69 Å². The molecule has 0 bridgehead atoms. The van der Waals surface area contributed by atoms with Gasteiger partial charge in [-0.1, -0.05) is 0 Å². The van der Waals surface area contributed by atoms with Crippen molar-refractivity contribution in [2.24, 2.45) is 0 Å². The molecule has 0 saturated heterocycles. The van der Waals surface area contributed by atoms with E-state index in [0.717, 1.165) is 5.69 Å². The number of anilines is 1. The van der Waals surface area contributed by atoms with Gasteiger partial charge in [-0.2, -0.15) is 5.10 Å². The van der Waals surface area contributed by atoms with Crippen LogP contribution in [-0.2, 0) is 11.2 Å². The van der Waals surface area contributed by atoms with Crippen molar-refractivity contribution in [1.82, 2.24) is 10.2 Å². The number of hydrogen-bond donors (Lipinski definition) is 2. The minimum Gasteiger partial charge on any atom is -0.493 e. The highest BCUT2D eigenvalue weighted by Crippen LogP contribution is 2.31. The number of hydrogen-bond acceptors (Lipinski definition) is 4. The van der Waals surface area contributed by atoms with Gasteiger partial charge in [0.15, 0.2) is 11.5 Å². The van der Waals surface area contributed by atoms with Crippen molar-refractivity contribution in [1.29, 1.82) is 0 Å². The molecule has 0 aliphatic heterocycles. The van der Waals surface area contributed by atoms with E-state index in [1.54, 1.807) is 37.6 Å². The number of H-pyrrole nitrogens is 1. The first kappa shape index (κ1) is 14.9. The van der Waals surface area contributed by atoms with E-state index >= 15 is 0 Å². The third-order valence-corrected chi connectivity index (χ3v) is 2.72. The quantitative estimate of drug-likeness (QED) is 0.856. The summed E-state index contributed by atoms with van der Waals surface area (Å²) in [6, 6.07) is 7.06. The zero-order valence-corrected chi connectivity index (χ0v) is 12.3. The van der Waals surface area contributed by atoms with Crippen molar-refractivity contribution >= 4 is 11.6 Å². The summed E-state index contributed by atoms with van der Waals surface area (Å²) in [5, 5.41) is 9.39. The van der Waals surface area contributed by atoms with Gasteiger partial charge in [-0.25, -0.2) is 0 Å². The molecule has 0 aliphatic carbocycles. The van der Waals surface area contributed by atoms with Crippen LogP contribution >= 0.6 is 0 Å². The molecule has 6 heteroatoms. The average molecular weight is 289 g/mol. The summed E-state index contributed by atoms with van der Waals surface area (Å²) >= 11 is 0. The van der Waals surface area contributed by atoms with Crippen LogP contribution < -0.4 is 14.8 Å². The Labute approximate surface area is 123 Å². The summed E-state index contributed by atoms with van der Waals surface area (Å²) in [4.78, 5) is 11.9. The average Bonchev–Trinajstić information content (AvgIpc) is 2.91. The van der Waals surface area contributed by atoms with E-state index in [4.69, 9.17) is 9.47 Å². The monoisotopic (exact) mass is 289 g/mol. The molecule has 0 radical (unpaired) electrons. The van der Waals surface area contributed by atoms with Crippen LogP contribution in [0, 0.1) is 0 Å². The third kappa shape index (κ3) is 4.24. The number of ether oxygens (including phenoxy) is 2. The summed E-state index contributed by atoms with van der Waals surface area (Å²) in [6.07, 6.45) is 1.88. The van der Waals surface area contributed by atoms with Crippen molar-refractivity contribution in [3.63, 3.8) is 0 Å². The van der Waals surface area contributed by atoms with E-state index < -0.39 is 0 Å². The van der Waals surface area contributed by atoms with Crippen LogP contribution in [0.15, 0.2) is 30.5 Å². The minimum absolute atomic E-state index is 0.0230. The predicted octanol–water partition coefficient (Wildman–Crippen LogP) is 2.39. The zero-order valence-electron chi connectivity index (χ0n) is 12.3. The molecule has 0 atom stereocenters. The maximum atomic E-state index is 11.9. The second-order valence-corrected chi connectivity index (χ2v) is 4.84. The maximum Gasteiger partial charge on any atom is 0.230 e. The Morgan fingerprint density at radius 1 is 1.33 bits per heavy atom. The second kappa shape index (κ2) is 6.78. The standard InChI is InChI=1S/C15H19N3O3/c1-10(2)21-14-8-11(4-5-13(14)20-3)17-15(19)9-12-6-7-16-18-12/h4-8,10H,9H2,1-3H3,(H,16,18)(H,17,19). The molecule has 2 aromatic rings. The number of amides is 1. The normalized spacial score (nSPS) is 10.5. The molecule has 6 nitrogen and oxygen atoms in total. The highest BCUT2D eigenvalue weighted by molar-refractivity contribution is 5.92. The van der Waals surface area contributed by atoms with E-state index in [9.17, 15) is 4.79 Å². The molecule has 112 valence electrons. The van der Waals surface area contributed by atoms with Gasteiger partial charge in [0.2, 0.25) is 5.91 Å². The van der Waals surface area contributed by atoms with Gasteiger partial charge in [-0.05, 0) is 32.0 Å². The molecule has 1 aromatic carbocycles. The molecule has 2 N–H and O–H groups in total. The molecule has 0 fully saturated rings. The number of benzene rings is 1. The number of carbonyl (C=O) groups is 1. The fraction of sp³-hybridized carbons (Fsp3) is 0.333. The fourth-order valence-electron chi connectivity index (χ4n) is 1.86. The van der Waals surface area contributed by atoms with Gasteiger partial charge in [0.1, 0.15) is 0 Å². The van der Waals surface area contributed by atoms with Crippen molar-refractivity contribution in [2.75, 3.05) is 12.4 Å². The Bertz CT molecular complexity index is 594. The van der Waals surface area contributed by atoms with Gasteiger partial charge in [-0.15, -0.1) is 0 Å². The van der Waals surface area contributed by atoms with Crippen molar-refractivity contribution in [3.8, 4) is 11.5 Å². The van der Waals surface area contributed by atoms with E-state index in [2.05, 4.69) is 15.5 Å². The SMILES string of the molecule is COc1ccc(NC(=O)Cc2ccn[nH]2)cc1OC(C)C. The lowest BCUT2D eigenvalue weighted by Gasteiger charge is -2.15. The third-order valence-electron chi connectivity index (χ3n) is 2.72. The van der Waals surface area contributed by atoms with Crippen LogP contribution in [0.5, 0.6) is 11.5 Å². The maximum absolute atomic E-state index is 11.9. The fourth-order valence-corrected chi connectivity index (χ4v) is 1.86. The number of aromatic nitrogens is 2. The Morgan fingerprint density at radius 2 is 2.14 bits per heavy atom. The first-order valence-corrected chi connectivity index (χ1v) is 6.71. The minimum atomic E-state index is -0.125. The van der Waals surface area contributed by atoms with Crippen LogP contribution in [0.25, 0.3) is 0 Å². The molecule has 0 aliphatic rings. The van der Waals surface area contributed by atoms with Gasteiger partial charge in [0.05, 0.1) is 19.6 Å². The van der Waals surface area contributed by atoms with Gasteiger partial charge >= 0.3 is 0 Å². The van der Waals surface area contributed by atoms with E-state index in [0.29, 0.717) is 17.2 Å². The van der Waals surface area contributed by atoms with Crippen LogP contribution in [0.3, 0.4) is 0 Å². The lowest BCUT2D eigenvalue weighted by molar-refractivity contribution is -0.115. The molecule has 2 rings (SSSR count). The molecular formula is C15H19N3O3. The lowest BCUT2D eigenvalue weighted by Crippen LogP contribution is -2.15. The Hall–Kier alpha value is -2.50. The van der Waals surface area contributed by atoms with Gasteiger partial charge in [-0.3, -0.25) is 9.89 Å². The largest absolute Gasteiger partial charge is 0.493 e. The molecule has 0 spiro atoms.